The molecule has 1 aliphatic heterocycles. The number of aliphatic hydroxyl groups excluding tert-OH is 1. The van der Waals surface area contributed by atoms with Crippen molar-refractivity contribution < 1.29 is 19.4 Å². The Kier molecular flexibility index (Phi) is 8.46. The topological polar surface area (TPSA) is 133 Å². The van der Waals surface area contributed by atoms with Crippen molar-refractivity contribution >= 4 is 34.8 Å². The fraction of sp³-hybridized carbons (Fsp3) is 0.333. The molecule has 41 heavy (non-hydrogen) atoms. The molecule has 11 heteroatoms. The molecule has 3 aromatic heterocycles. The molecule has 0 radical (unpaired) electrons. The Morgan fingerprint density at radius 2 is 1.90 bits per heavy atom. The van der Waals surface area contributed by atoms with Gasteiger partial charge in [-0.05, 0) is 48.2 Å². The van der Waals surface area contributed by atoms with E-state index in [0.717, 1.165) is 28.0 Å². The number of hydrogen-bond acceptors (Lipinski definition) is 7. The minimum atomic E-state index is -0.368. The number of benzene rings is 1. The minimum Gasteiger partial charge on any atom is -0.394 e. The van der Waals surface area contributed by atoms with Gasteiger partial charge in [-0.2, -0.15) is 0 Å². The Hall–Kier alpha value is -4.48. The number of imidazole rings is 1. The molecule has 4 aromatic rings. The number of carbonyl (C=O) groups excluding carboxylic acids is 2. The summed E-state index contributed by atoms with van der Waals surface area (Å²) in [5.41, 5.74) is 5.40. The van der Waals surface area contributed by atoms with Crippen LogP contribution in [0.4, 0.5) is 22.0 Å². The summed E-state index contributed by atoms with van der Waals surface area (Å²) in [6.45, 7) is 7.95. The minimum absolute atomic E-state index is 0.0567. The van der Waals surface area contributed by atoms with Crippen LogP contribution in [0.2, 0.25) is 0 Å². The maximum atomic E-state index is 12.8. The SMILES string of the molecule is Cc1c(NC(=O)N[C@H](CO)C(C)C)cccc1-c1cc(Nc2ccc(C(=O)N3CCOCC3)cn2)c2nccn2c1. The molecule has 4 N–H and O–H groups in total. The number of urea groups is 1. The van der Waals surface area contributed by atoms with E-state index in [2.05, 4.69) is 25.9 Å². The monoisotopic (exact) mass is 557 g/mol. The Morgan fingerprint density at radius 3 is 2.61 bits per heavy atom. The zero-order valence-electron chi connectivity index (χ0n) is 23.4. The molecular weight excluding hydrogens is 522 g/mol. The molecule has 1 saturated heterocycles. The average molecular weight is 558 g/mol. The maximum absolute atomic E-state index is 12.8. The third-order valence-corrected chi connectivity index (χ3v) is 7.27. The van der Waals surface area contributed by atoms with Crippen LogP contribution in [0.1, 0.15) is 29.8 Å². The first-order chi connectivity index (χ1) is 19.8. The lowest BCUT2D eigenvalue weighted by Gasteiger charge is -2.26. The first-order valence-electron chi connectivity index (χ1n) is 13.7. The van der Waals surface area contributed by atoms with E-state index in [9.17, 15) is 14.7 Å². The van der Waals surface area contributed by atoms with Crippen molar-refractivity contribution in [1.29, 1.82) is 0 Å². The van der Waals surface area contributed by atoms with E-state index < -0.39 is 0 Å². The number of fused-ring (bicyclic) bond motifs is 1. The number of aromatic nitrogens is 3. The molecule has 1 aromatic carbocycles. The van der Waals surface area contributed by atoms with Gasteiger partial charge >= 0.3 is 6.03 Å². The predicted octanol–water partition coefficient (Wildman–Crippen LogP) is 4.06. The van der Waals surface area contributed by atoms with Crippen LogP contribution >= 0.6 is 0 Å². The van der Waals surface area contributed by atoms with Crippen LogP contribution in [0.3, 0.4) is 0 Å². The second-order valence-corrected chi connectivity index (χ2v) is 10.4. The number of anilines is 3. The molecule has 5 rings (SSSR count). The molecule has 3 amide bonds. The van der Waals surface area contributed by atoms with Gasteiger partial charge in [0.2, 0.25) is 0 Å². The van der Waals surface area contributed by atoms with Gasteiger partial charge in [-0.3, -0.25) is 4.79 Å². The van der Waals surface area contributed by atoms with Crippen molar-refractivity contribution in [2.45, 2.75) is 26.8 Å². The van der Waals surface area contributed by atoms with Gasteiger partial charge in [-0.1, -0.05) is 26.0 Å². The highest BCUT2D eigenvalue weighted by molar-refractivity contribution is 5.94. The average Bonchev–Trinajstić information content (AvgIpc) is 3.46. The van der Waals surface area contributed by atoms with Crippen LogP contribution < -0.4 is 16.0 Å². The number of rotatable bonds is 8. The summed E-state index contributed by atoms with van der Waals surface area (Å²) >= 11 is 0. The first-order valence-corrected chi connectivity index (χ1v) is 13.7. The highest BCUT2D eigenvalue weighted by Gasteiger charge is 2.20. The quantitative estimate of drug-likeness (QED) is 0.257. The largest absolute Gasteiger partial charge is 0.394 e. The van der Waals surface area contributed by atoms with Crippen molar-refractivity contribution in [3.8, 4) is 11.1 Å². The number of carbonyl (C=O) groups is 2. The van der Waals surface area contributed by atoms with Crippen molar-refractivity contribution in [3.63, 3.8) is 0 Å². The molecule has 1 fully saturated rings. The molecule has 0 aliphatic carbocycles. The van der Waals surface area contributed by atoms with E-state index in [4.69, 9.17) is 4.74 Å². The van der Waals surface area contributed by atoms with Gasteiger partial charge in [0, 0.05) is 49.1 Å². The highest BCUT2D eigenvalue weighted by atomic mass is 16.5. The lowest BCUT2D eigenvalue weighted by Crippen LogP contribution is -2.43. The molecule has 214 valence electrons. The zero-order chi connectivity index (χ0) is 28.9. The Labute approximate surface area is 238 Å². The molecule has 4 heterocycles. The summed E-state index contributed by atoms with van der Waals surface area (Å²) in [6.07, 6.45) is 7.16. The normalized spacial score (nSPS) is 14.2. The van der Waals surface area contributed by atoms with Crippen molar-refractivity contribution in [1.82, 2.24) is 24.6 Å². The van der Waals surface area contributed by atoms with Crippen LogP contribution in [0.25, 0.3) is 16.8 Å². The van der Waals surface area contributed by atoms with Gasteiger partial charge in [-0.15, -0.1) is 0 Å². The predicted molar refractivity (Wildman–Crippen MR) is 157 cm³/mol. The highest BCUT2D eigenvalue weighted by Crippen LogP contribution is 2.32. The summed E-state index contributed by atoms with van der Waals surface area (Å²) in [6, 6.07) is 10.6. The van der Waals surface area contributed by atoms with Crippen molar-refractivity contribution in [2.75, 3.05) is 43.5 Å². The van der Waals surface area contributed by atoms with Gasteiger partial charge in [0.1, 0.15) is 5.82 Å². The van der Waals surface area contributed by atoms with Crippen LogP contribution in [0, 0.1) is 12.8 Å². The van der Waals surface area contributed by atoms with E-state index in [1.54, 1.807) is 29.4 Å². The summed E-state index contributed by atoms with van der Waals surface area (Å²) in [7, 11) is 0. The maximum Gasteiger partial charge on any atom is 0.319 e. The smallest absolute Gasteiger partial charge is 0.319 e. The lowest BCUT2D eigenvalue weighted by atomic mass is 10.00. The number of hydrogen-bond donors (Lipinski definition) is 4. The van der Waals surface area contributed by atoms with Gasteiger partial charge in [0.15, 0.2) is 5.65 Å². The number of ether oxygens (including phenoxy) is 1. The summed E-state index contributed by atoms with van der Waals surface area (Å²) in [4.78, 5) is 36.2. The van der Waals surface area contributed by atoms with Gasteiger partial charge < -0.3 is 35.1 Å². The third-order valence-electron chi connectivity index (χ3n) is 7.27. The van der Waals surface area contributed by atoms with Crippen LogP contribution in [0.5, 0.6) is 0 Å². The third kappa shape index (κ3) is 6.31. The van der Waals surface area contributed by atoms with E-state index in [1.807, 2.05) is 61.8 Å². The van der Waals surface area contributed by atoms with Gasteiger partial charge in [0.25, 0.3) is 5.91 Å². The number of nitrogens with one attached hydrogen (secondary N) is 3. The first kappa shape index (κ1) is 28.1. The molecule has 1 atom stereocenters. The Balaban J connectivity index is 1.38. The summed E-state index contributed by atoms with van der Waals surface area (Å²) in [5.74, 6) is 0.624. The number of aliphatic hydroxyl groups is 1. The standard InChI is InChI=1S/C30H35N7O4/c1-19(2)26(18-38)35-30(40)34-24-6-4-5-23(20(24)3)22-15-25(28-31-9-10-37(28)17-22)33-27-8-7-21(16-32-27)29(39)36-11-13-41-14-12-36/h4-10,15-17,19,26,38H,11-14,18H2,1-3H3,(H,32,33)(H2,34,35,40)/t26-/m1/s1. The molecule has 0 saturated carbocycles. The number of nitrogens with zero attached hydrogens (tertiary/aromatic N) is 4. The van der Waals surface area contributed by atoms with Crippen molar-refractivity contribution in [2.24, 2.45) is 5.92 Å². The second kappa shape index (κ2) is 12.4. The van der Waals surface area contributed by atoms with E-state index in [-0.39, 0.29) is 30.5 Å². The fourth-order valence-electron chi connectivity index (χ4n) is 4.79. The number of amides is 3. The second-order valence-electron chi connectivity index (χ2n) is 10.4. The molecule has 0 bridgehead atoms. The molecule has 0 unspecified atom stereocenters. The molecule has 1 aliphatic rings. The van der Waals surface area contributed by atoms with E-state index >= 15 is 0 Å². The van der Waals surface area contributed by atoms with E-state index in [1.165, 1.54) is 0 Å². The van der Waals surface area contributed by atoms with Crippen molar-refractivity contribution in [3.05, 3.63) is 72.3 Å². The molecule has 11 nitrogen and oxygen atoms in total. The lowest BCUT2D eigenvalue weighted by molar-refractivity contribution is 0.0302. The summed E-state index contributed by atoms with van der Waals surface area (Å²) < 4.78 is 7.27. The Morgan fingerprint density at radius 1 is 1.10 bits per heavy atom. The van der Waals surface area contributed by atoms with Crippen LogP contribution in [-0.2, 0) is 4.74 Å². The van der Waals surface area contributed by atoms with Crippen LogP contribution in [0.15, 0.2) is 61.2 Å². The zero-order valence-corrected chi connectivity index (χ0v) is 23.4. The number of morpholine rings is 1. The van der Waals surface area contributed by atoms with E-state index in [0.29, 0.717) is 43.4 Å². The Bertz CT molecular complexity index is 1530. The van der Waals surface area contributed by atoms with Gasteiger partial charge in [0.05, 0.1) is 37.1 Å². The summed E-state index contributed by atoms with van der Waals surface area (Å²) in [5, 5.41) is 18.7. The molecular formula is C30H35N7O4. The molecule has 0 spiro atoms. The van der Waals surface area contributed by atoms with Gasteiger partial charge in [-0.25, -0.2) is 14.8 Å². The number of pyridine rings is 2. The fourth-order valence-corrected chi connectivity index (χ4v) is 4.79. The van der Waals surface area contributed by atoms with Crippen LogP contribution in [-0.4, -0.2) is 75.3 Å².